The van der Waals surface area contributed by atoms with Gasteiger partial charge in [0.25, 0.3) is 0 Å². The lowest BCUT2D eigenvalue weighted by Crippen LogP contribution is -2.23. The van der Waals surface area contributed by atoms with Crippen LogP contribution >= 0.6 is 0 Å². The van der Waals surface area contributed by atoms with Crippen molar-refractivity contribution in [2.75, 3.05) is 19.5 Å². The summed E-state index contributed by atoms with van der Waals surface area (Å²) in [7, 11) is -3.49. The van der Waals surface area contributed by atoms with Gasteiger partial charge < -0.3 is 10.2 Å². The van der Waals surface area contributed by atoms with Gasteiger partial charge in [-0.15, -0.1) is 0 Å². The summed E-state index contributed by atoms with van der Waals surface area (Å²) in [6, 6.07) is 7.39. The van der Waals surface area contributed by atoms with E-state index in [1.807, 2.05) is 0 Å². The molecule has 9 heteroatoms. The molecule has 5 nitrogen and oxygen atoms in total. The monoisotopic (exact) mass is 425 g/mol. The van der Waals surface area contributed by atoms with Crippen molar-refractivity contribution >= 4 is 21.0 Å². The molecular weight excluding hydrogens is 407 g/mol. The van der Waals surface area contributed by atoms with E-state index in [1.165, 1.54) is 30.5 Å². The molecule has 0 fully saturated rings. The molecule has 29 heavy (non-hydrogen) atoms. The van der Waals surface area contributed by atoms with E-state index in [4.69, 9.17) is 0 Å². The number of allylic oxidation sites excluding steroid dienone is 2. The topological polar surface area (TPSA) is 87.5 Å². The fourth-order valence-corrected chi connectivity index (χ4v) is 3.64. The Morgan fingerprint density at radius 1 is 0.931 bits per heavy atom. The van der Waals surface area contributed by atoms with Gasteiger partial charge in [0.05, 0.1) is 24.2 Å². The fourth-order valence-electron chi connectivity index (χ4n) is 3.08. The summed E-state index contributed by atoms with van der Waals surface area (Å²) in [5.74, 6) is 0. The number of sulfone groups is 1. The van der Waals surface area contributed by atoms with E-state index in [-0.39, 0.29) is 5.03 Å². The Kier molecular flexibility index (Phi) is 5.42. The Labute approximate surface area is 165 Å². The van der Waals surface area contributed by atoms with Crippen LogP contribution in [0.1, 0.15) is 16.7 Å². The third-order valence-electron chi connectivity index (χ3n) is 4.69. The zero-order chi connectivity index (χ0) is 21.4. The second kappa shape index (κ2) is 7.40. The van der Waals surface area contributed by atoms with Crippen molar-refractivity contribution in [1.29, 1.82) is 0 Å². The van der Waals surface area contributed by atoms with Crippen LogP contribution in [-0.4, -0.2) is 43.1 Å². The Balaban J connectivity index is 2.08. The van der Waals surface area contributed by atoms with Crippen molar-refractivity contribution < 1.29 is 31.8 Å². The van der Waals surface area contributed by atoms with Gasteiger partial charge in [-0.1, -0.05) is 24.3 Å². The van der Waals surface area contributed by atoms with E-state index in [0.717, 1.165) is 18.4 Å². The molecule has 0 aliphatic heterocycles. The van der Waals surface area contributed by atoms with Gasteiger partial charge in [0, 0.05) is 18.0 Å². The largest absolute Gasteiger partial charge is 0.416 e. The number of nitrogens with zero attached hydrogens (tertiary/aromatic N) is 1. The molecule has 2 N–H and O–H groups in total. The maximum absolute atomic E-state index is 12.9. The first kappa shape index (κ1) is 21.2. The SMILES string of the molecule is CS(=O)(=O)c1ccc(C2=CC(CO)(CO)C=C2c2ccc(C(F)(F)F)cc2)cn1. The lowest BCUT2D eigenvalue weighted by molar-refractivity contribution is -0.137. The fraction of sp³-hybridized carbons (Fsp3) is 0.250. The number of hydrogen-bond donors (Lipinski definition) is 2. The minimum absolute atomic E-state index is 0.115. The number of rotatable bonds is 5. The van der Waals surface area contributed by atoms with Gasteiger partial charge in [-0.3, -0.25) is 0 Å². The first-order valence-corrected chi connectivity index (χ1v) is 10.4. The minimum atomic E-state index is -4.47. The molecule has 1 aromatic carbocycles. The zero-order valence-corrected chi connectivity index (χ0v) is 16.1. The molecule has 0 saturated heterocycles. The van der Waals surface area contributed by atoms with Crippen LogP contribution in [0.3, 0.4) is 0 Å². The number of benzene rings is 1. The van der Waals surface area contributed by atoms with Gasteiger partial charge in [-0.25, -0.2) is 13.4 Å². The molecule has 1 aliphatic rings. The Morgan fingerprint density at radius 2 is 1.45 bits per heavy atom. The summed E-state index contributed by atoms with van der Waals surface area (Å²) in [6.45, 7) is -0.821. The van der Waals surface area contributed by atoms with Crippen molar-refractivity contribution in [1.82, 2.24) is 4.98 Å². The average molecular weight is 425 g/mol. The van der Waals surface area contributed by atoms with E-state index in [0.29, 0.717) is 22.3 Å². The van der Waals surface area contributed by atoms with Crippen LogP contribution in [0.2, 0.25) is 0 Å². The zero-order valence-electron chi connectivity index (χ0n) is 15.3. The molecule has 0 amide bonds. The molecule has 0 spiro atoms. The average Bonchev–Trinajstić information content (AvgIpc) is 3.07. The lowest BCUT2D eigenvalue weighted by atomic mass is 9.91. The van der Waals surface area contributed by atoms with Crippen molar-refractivity contribution in [3.05, 3.63) is 71.4 Å². The summed E-state index contributed by atoms with van der Waals surface area (Å²) < 4.78 is 61.8. The second-order valence-corrected chi connectivity index (χ2v) is 8.86. The number of pyridine rings is 1. The molecule has 0 radical (unpaired) electrons. The van der Waals surface area contributed by atoms with Gasteiger partial charge in [0.15, 0.2) is 14.9 Å². The third kappa shape index (κ3) is 4.26. The Hall–Kier alpha value is -2.49. The van der Waals surface area contributed by atoms with Crippen LogP contribution in [0.4, 0.5) is 13.2 Å². The molecular formula is C20H18F3NO4S. The van der Waals surface area contributed by atoms with E-state index < -0.39 is 40.2 Å². The molecule has 1 aromatic heterocycles. The number of hydrogen-bond acceptors (Lipinski definition) is 5. The van der Waals surface area contributed by atoms with Crippen molar-refractivity contribution in [3.63, 3.8) is 0 Å². The normalized spacial score (nSPS) is 16.5. The molecule has 0 bridgehead atoms. The summed E-state index contributed by atoms with van der Waals surface area (Å²) in [5.41, 5.74) is 0.117. The van der Waals surface area contributed by atoms with E-state index in [2.05, 4.69) is 4.98 Å². The molecule has 1 aliphatic carbocycles. The molecule has 3 rings (SSSR count). The number of aromatic nitrogens is 1. The van der Waals surface area contributed by atoms with Crippen LogP contribution < -0.4 is 0 Å². The first-order valence-electron chi connectivity index (χ1n) is 8.51. The van der Waals surface area contributed by atoms with Gasteiger partial charge in [-0.05, 0) is 41.0 Å². The quantitative estimate of drug-likeness (QED) is 0.769. The van der Waals surface area contributed by atoms with Crippen LogP contribution in [0.5, 0.6) is 0 Å². The van der Waals surface area contributed by atoms with Crippen LogP contribution in [0.25, 0.3) is 11.1 Å². The van der Waals surface area contributed by atoms with Crippen molar-refractivity contribution in [2.24, 2.45) is 5.41 Å². The summed E-state index contributed by atoms with van der Waals surface area (Å²) in [4.78, 5) is 3.94. The molecule has 2 aromatic rings. The highest BCUT2D eigenvalue weighted by Gasteiger charge is 2.34. The van der Waals surface area contributed by atoms with Gasteiger partial charge in [0.1, 0.15) is 0 Å². The predicted octanol–water partition coefficient (Wildman–Crippen LogP) is 2.96. The maximum atomic E-state index is 12.9. The molecule has 0 atom stereocenters. The van der Waals surface area contributed by atoms with E-state index in [1.54, 1.807) is 12.2 Å². The second-order valence-electron chi connectivity index (χ2n) is 6.90. The smallest absolute Gasteiger partial charge is 0.395 e. The highest BCUT2D eigenvalue weighted by atomic mass is 32.2. The molecule has 0 saturated carbocycles. The summed E-state index contributed by atoms with van der Waals surface area (Å²) >= 11 is 0. The minimum Gasteiger partial charge on any atom is -0.395 e. The standard InChI is InChI=1S/C20H18F3NO4S/c1-29(27,28)18-7-4-14(10-24-18)17-9-19(11-25,12-26)8-16(17)13-2-5-15(6-3-13)20(21,22)23/h2-10,25-26H,11-12H2,1H3. The highest BCUT2D eigenvalue weighted by molar-refractivity contribution is 7.90. The third-order valence-corrected chi connectivity index (χ3v) is 5.69. The molecule has 154 valence electrons. The van der Waals surface area contributed by atoms with Gasteiger partial charge in [-0.2, -0.15) is 13.2 Å². The van der Waals surface area contributed by atoms with Gasteiger partial charge >= 0.3 is 6.18 Å². The van der Waals surface area contributed by atoms with Crippen molar-refractivity contribution in [2.45, 2.75) is 11.2 Å². The number of aliphatic hydroxyl groups excluding tert-OH is 2. The Bertz CT molecular complexity index is 1070. The number of aliphatic hydroxyl groups is 2. The summed E-state index contributed by atoms with van der Waals surface area (Å²) in [5, 5.41) is 19.4. The van der Waals surface area contributed by atoms with Crippen LogP contribution in [0.15, 0.2) is 59.8 Å². The van der Waals surface area contributed by atoms with Crippen LogP contribution in [-0.2, 0) is 16.0 Å². The van der Waals surface area contributed by atoms with E-state index >= 15 is 0 Å². The molecule has 1 heterocycles. The predicted molar refractivity (Wildman–Crippen MR) is 101 cm³/mol. The Morgan fingerprint density at radius 3 is 1.86 bits per heavy atom. The molecule has 0 unspecified atom stereocenters. The lowest BCUT2D eigenvalue weighted by Gasteiger charge is -2.18. The number of alkyl halides is 3. The van der Waals surface area contributed by atoms with Crippen LogP contribution in [0, 0.1) is 5.41 Å². The number of halogens is 3. The first-order chi connectivity index (χ1) is 13.5. The van der Waals surface area contributed by atoms with Gasteiger partial charge in [0.2, 0.25) is 0 Å². The van der Waals surface area contributed by atoms with Crippen molar-refractivity contribution in [3.8, 4) is 0 Å². The maximum Gasteiger partial charge on any atom is 0.416 e. The summed E-state index contributed by atoms with van der Waals surface area (Å²) in [6.07, 6.45) is 1.10. The highest BCUT2D eigenvalue weighted by Crippen LogP contribution is 2.44. The van der Waals surface area contributed by atoms with E-state index in [9.17, 15) is 31.8 Å².